The molecule has 1 rings (SSSR count). The summed E-state index contributed by atoms with van der Waals surface area (Å²) in [6, 6.07) is 0.248. The van der Waals surface area contributed by atoms with Gasteiger partial charge >= 0.3 is 0 Å². The minimum absolute atomic E-state index is 0.248. The second kappa shape index (κ2) is 5.25. The molecule has 5 nitrogen and oxygen atoms in total. The maximum Gasteiger partial charge on any atom is 0.108 e. The predicted octanol–water partition coefficient (Wildman–Crippen LogP) is 0.207. The molecular formula is C10H19N3O2. The number of nitrogens with zero attached hydrogens (tertiary/aromatic N) is 2. The number of hydrogen-bond acceptors (Lipinski definition) is 4. The quantitative estimate of drug-likeness (QED) is 0.652. The predicted molar refractivity (Wildman–Crippen MR) is 57.3 cm³/mol. The summed E-state index contributed by atoms with van der Waals surface area (Å²) in [6.07, 6.45) is 1.98. The van der Waals surface area contributed by atoms with Crippen molar-refractivity contribution < 1.29 is 10.2 Å². The van der Waals surface area contributed by atoms with Crippen LogP contribution in [0.15, 0.2) is 12.4 Å². The van der Waals surface area contributed by atoms with Gasteiger partial charge in [-0.05, 0) is 26.8 Å². The molecule has 0 saturated carbocycles. The van der Waals surface area contributed by atoms with Crippen LogP contribution in [-0.4, -0.2) is 32.6 Å². The maximum absolute atomic E-state index is 9.76. The zero-order valence-electron chi connectivity index (χ0n) is 9.17. The minimum atomic E-state index is -0.902. The summed E-state index contributed by atoms with van der Waals surface area (Å²) in [7, 11) is 0. The van der Waals surface area contributed by atoms with E-state index >= 15 is 0 Å². The van der Waals surface area contributed by atoms with Gasteiger partial charge in [0, 0.05) is 17.8 Å². The van der Waals surface area contributed by atoms with Crippen molar-refractivity contribution in [2.75, 3.05) is 6.54 Å². The van der Waals surface area contributed by atoms with Crippen LogP contribution in [0, 0.1) is 0 Å². The lowest BCUT2D eigenvalue weighted by molar-refractivity contribution is 0.0149. The largest absolute Gasteiger partial charge is 0.390 e. The molecule has 86 valence electrons. The third kappa shape index (κ3) is 3.02. The summed E-state index contributed by atoms with van der Waals surface area (Å²) in [6.45, 7) is 4.36. The molecule has 1 heterocycles. The summed E-state index contributed by atoms with van der Waals surface area (Å²) in [5.74, 6) is 0. The van der Waals surface area contributed by atoms with Crippen molar-refractivity contribution >= 4 is 0 Å². The minimum Gasteiger partial charge on any atom is -0.390 e. The van der Waals surface area contributed by atoms with Gasteiger partial charge in [-0.1, -0.05) is 0 Å². The molecule has 0 spiro atoms. The summed E-state index contributed by atoms with van der Waals surface area (Å²) in [5, 5.41) is 23.4. The first-order valence-corrected chi connectivity index (χ1v) is 5.16. The smallest absolute Gasteiger partial charge is 0.108 e. The van der Waals surface area contributed by atoms with Crippen molar-refractivity contribution in [1.82, 2.24) is 9.78 Å². The van der Waals surface area contributed by atoms with Crippen molar-refractivity contribution in [2.45, 2.75) is 38.5 Å². The van der Waals surface area contributed by atoms with E-state index in [1.165, 1.54) is 0 Å². The first-order chi connectivity index (χ1) is 7.06. The van der Waals surface area contributed by atoms with E-state index < -0.39 is 12.2 Å². The van der Waals surface area contributed by atoms with Gasteiger partial charge in [-0.25, -0.2) is 0 Å². The first kappa shape index (κ1) is 12.2. The van der Waals surface area contributed by atoms with Crippen LogP contribution in [0.5, 0.6) is 0 Å². The van der Waals surface area contributed by atoms with E-state index in [1.807, 2.05) is 13.8 Å². The summed E-state index contributed by atoms with van der Waals surface area (Å²) in [5.41, 5.74) is 5.94. The van der Waals surface area contributed by atoms with E-state index in [4.69, 9.17) is 5.73 Å². The van der Waals surface area contributed by atoms with Crippen molar-refractivity contribution in [2.24, 2.45) is 5.73 Å². The van der Waals surface area contributed by atoms with Gasteiger partial charge in [0.25, 0.3) is 0 Å². The molecule has 0 aliphatic heterocycles. The fourth-order valence-electron chi connectivity index (χ4n) is 1.34. The Morgan fingerprint density at radius 1 is 1.47 bits per heavy atom. The van der Waals surface area contributed by atoms with Crippen LogP contribution in [0.2, 0.25) is 0 Å². The average Bonchev–Trinajstić information content (AvgIpc) is 2.65. The molecule has 0 saturated heterocycles. The first-order valence-electron chi connectivity index (χ1n) is 5.16. The highest BCUT2D eigenvalue weighted by Crippen LogP contribution is 2.19. The van der Waals surface area contributed by atoms with Crippen molar-refractivity contribution in [3.8, 4) is 0 Å². The Hall–Kier alpha value is -0.910. The topological polar surface area (TPSA) is 84.3 Å². The standard InChI is InChI=1S/C10H19N3O2/c1-7(2)13-6-8(5-12-13)10(15)9(14)3-4-11/h5-7,9-10,14-15H,3-4,11H2,1-2H3. The van der Waals surface area contributed by atoms with Crippen LogP contribution < -0.4 is 5.73 Å². The van der Waals surface area contributed by atoms with E-state index in [0.29, 0.717) is 18.5 Å². The van der Waals surface area contributed by atoms with Gasteiger partial charge in [0.05, 0.1) is 12.3 Å². The molecule has 4 N–H and O–H groups in total. The fraction of sp³-hybridized carbons (Fsp3) is 0.700. The number of hydrogen-bond donors (Lipinski definition) is 3. The maximum atomic E-state index is 9.76. The highest BCUT2D eigenvalue weighted by atomic mass is 16.3. The summed E-state index contributed by atoms with van der Waals surface area (Å²) < 4.78 is 1.74. The molecule has 0 aromatic carbocycles. The lowest BCUT2D eigenvalue weighted by Crippen LogP contribution is -2.21. The van der Waals surface area contributed by atoms with Crippen LogP contribution in [-0.2, 0) is 0 Å². The Morgan fingerprint density at radius 3 is 2.60 bits per heavy atom. The monoisotopic (exact) mass is 213 g/mol. The van der Waals surface area contributed by atoms with E-state index in [2.05, 4.69) is 5.10 Å². The molecule has 0 aliphatic carbocycles. The van der Waals surface area contributed by atoms with Gasteiger partial charge in [-0.2, -0.15) is 5.10 Å². The number of aromatic nitrogens is 2. The molecule has 0 amide bonds. The third-order valence-electron chi connectivity index (χ3n) is 2.32. The Balaban J connectivity index is 2.69. The normalized spacial score (nSPS) is 15.6. The van der Waals surface area contributed by atoms with Gasteiger partial charge in [0.1, 0.15) is 6.10 Å². The van der Waals surface area contributed by atoms with Crippen LogP contribution in [0.4, 0.5) is 0 Å². The van der Waals surface area contributed by atoms with E-state index in [9.17, 15) is 10.2 Å². The molecule has 1 aromatic heterocycles. The number of aliphatic hydroxyl groups is 2. The van der Waals surface area contributed by atoms with Gasteiger partial charge in [-0.3, -0.25) is 4.68 Å². The summed E-state index contributed by atoms with van der Waals surface area (Å²) in [4.78, 5) is 0. The molecule has 0 aliphatic rings. The third-order valence-corrected chi connectivity index (χ3v) is 2.32. The summed E-state index contributed by atoms with van der Waals surface area (Å²) >= 11 is 0. The fourth-order valence-corrected chi connectivity index (χ4v) is 1.34. The second-order valence-electron chi connectivity index (χ2n) is 3.94. The van der Waals surface area contributed by atoms with Gasteiger partial charge in [-0.15, -0.1) is 0 Å². The molecule has 0 bridgehead atoms. The zero-order chi connectivity index (χ0) is 11.4. The molecular weight excluding hydrogens is 194 g/mol. The second-order valence-corrected chi connectivity index (χ2v) is 3.94. The van der Waals surface area contributed by atoms with Crippen LogP contribution in [0.3, 0.4) is 0 Å². The Bertz CT molecular complexity index is 299. The van der Waals surface area contributed by atoms with Crippen LogP contribution in [0.25, 0.3) is 0 Å². The molecule has 15 heavy (non-hydrogen) atoms. The van der Waals surface area contributed by atoms with E-state index in [-0.39, 0.29) is 6.04 Å². The van der Waals surface area contributed by atoms with Gasteiger partial charge < -0.3 is 15.9 Å². The lowest BCUT2D eigenvalue weighted by atomic mass is 10.1. The Morgan fingerprint density at radius 2 is 2.13 bits per heavy atom. The lowest BCUT2D eigenvalue weighted by Gasteiger charge is -2.15. The average molecular weight is 213 g/mol. The molecule has 5 heteroatoms. The van der Waals surface area contributed by atoms with Crippen LogP contribution in [0.1, 0.15) is 38.0 Å². The molecule has 2 atom stereocenters. The van der Waals surface area contributed by atoms with Gasteiger partial charge in [0.15, 0.2) is 0 Å². The Kier molecular flexibility index (Phi) is 4.26. The molecule has 0 fully saturated rings. The highest BCUT2D eigenvalue weighted by molar-refractivity contribution is 5.10. The van der Waals surface area contributed by atoms with Gasteiger partial charge in [0.2, 0.25) is 0 Å². The van der Waals surface area contributed by atoms with E-state index in [1.54, 1.807) is 17.1 Å². The molecule has 2 unspecified atom stereocenters. The molecule has 1 aromatic rings. The molecule has 0 radical (unpaired) electrons. The SMILES string of the molecule is CC(C)n1cc(C(O)C(O)CCN)cn1. The Labute approximate surface area is 89.5 Å². The zero-order valence-corrected chi connectivity index (χ0v) is 9.17. The number of nitrogens with two attached hydrogens (primary N) is 1. The van der Waals surface area contributed by atoms with Crippen molar-refractivity contribution in [3.05, 3.63) is 18.0 Å². The number of aliphatic hydroxyl groups excluding tert-OH is 2. The van der Waals surface area contributed by atoms with Crippen molar-refractivity contribution in [1.29, 1.82) is 0 Å². The van der Waals surface area contributed by atoms with E-state index in [0.717, 1.165) is 0 Å². The number of rotatable bonds is 5. The van der Waals surface area contributed by atoms with Crippen molar-refractivity contribution in [3.63, 3.8) is 0 Å². The highest BCUT2D eigenvalue weighted by Gasteiger charge is 2.19. The van der Waals surface area contributed by atoms with Crippen LogP contribution >= 0.6 is 0 Å².